The zero-order valence-electron chi connectivity index (χ0n) is 11.5. The van der Waals surface area contributed by atoms with Crippen molar-refractivity contribution >= 4 is 0 Å². The molecule has 0 radical (unpaired) electrons. The van der Waals surface area contributed by atoms with Crippen LogP contribution in [0.1, 0.15) is 37.1 Å². The summed E-state index contributed by atoms with van der Waals surface area (Å²) in [5.74, 6) is 0.873. The number of aromatic nitrogens is 2. The normalized spacial score (nSPS) is 17.6. The number of hydrogen-bond acceptors (Lipinski definition) is 4. The standard InChI is InChI=1S/C15H18FN3O/c1-10-8-11(16)4-5-12(10)13-18-14(20-19-13)15(9-17)6-2-3-7-15/h4-5,8H,2-3,6-7,9,17H2,1H3. The van der Waals surface area contributed by atoms with Crippen LogP contribution < -0.4 is 5.73 Å². The van der Waals surface area contributed by atoms with Gasteiger partial charge in [0.25, 0.3) is 0 Å². The maximum atomic E-state index is 13.1. The molecule has 4 nitrogen and oxygen atoms in total. The predicted molar refractivity (Wildman–Crippen MR) is 73.6 cm³/mol. The van der Waals surface area contributed by atoms with Gasteiger partial charge in [0, 0.05) is 12.1 Å². The summed E-state index contributed by atoms with van der Waals surface area (Å²) in [5.41, 5.74) is 7.35. The molecule has 0 bridgehead atoms. The first-order valence-corrected chi connectivity index (χ1v) is 6.95. The van der Waals surface area contributed by atoms with Crippen LogP contribution in [0.3, 0.4) is 0 Å². The van der Waals surface area contributed by atoms with Crippen molar-refractivity contribution in [2.24, 2.45) is 5.73 Å². The molecule has 0 aliphatic heterocycles. The Balaban J connectivity index is 1.97. The highest BCUT2D eigenvalue weighted by Crippen LogP contribution is 2.40. The van der Waals surface area contributed by atoms with Gasteiger partial charge in [-0.15, -0.1) is 0 Å². The maximum absolute atomic E-state index is 13.1. The van der Waals surface area contributed by atoms with Crippen LogP contribution in [0.2, 0.25) is 0 Å². The highest BCUT2D eigenvalue weighted by Gasteiger charge is 2.39. The molecule has 0 spiro atoms. The van der Waals surface area contributed by atoms with Crippen LogP contribution in [0.5, 0.6) is 0 Å². The molecule has 5 heteroatoms. The molecule has 106 valence electrons. The van der Waals surface area contributed by atoms with Crippen LogP contribution in [0.4, 0.5) is 4.39 Å². The van der Waals surface area contributed by atoms with Gasteiger partial charge in [0.15, 0.2) is 0 Å². The quantitative estimate of drug-likeness (QED) is 0.935. The third kappa shape index (κ3) is 2.12. The van der Waals surface area contributed by atoms with Gasteiger partial charge in [-0.05, 0) is 43.5 Å². The molecule has 1 aliphatic carbocycles. The number of nitrogens with zero attached hydrogens (tertiary/aromatic N) is 2. The molecular weight excluding hydrogens is 257 g/mol. The number of rotatable bonds is 3. The van der Waals surface area contributed by atoms with Gasteiger partial charge in [0.2, 0.25) is 11.7 Å². The molecule has 0 atom stereocenters. The van der Waals surface area contributed by atoms with Crippen molar-refractivity contribution in [3.05, 3.63) is 35.5 Å². The van der Waals surface area contributed by atoms with Crippen LogP contribution in [0, 0.1) is 12.7 Å². The largest absolute Gasteiger partial charge is 0.338 e. The smallest absolute Gasteiger partial charge is 0.234 e. The Morgan fingerprint density at radius 3 is 2.75 bits per heavy atom. The minimum atomic E-state index is -0.260. The van der Waals surface area contributed by atoms with Gasteiger partial charge >= 0.3 is 0 Å². The minimum absolute atomic E-state index is 0.167. The van der Waals surface area contributed by atoms with E-state index in [1.807, 2.05) is 6.92 Å². The van der Waals surface area contributed by atoms with Gasteiger partial charge in [-0.2, -0.15) is 4.98 Å². The number of nitrogens with two attached hydrogens (primary N) is 1. The van der Waals surface area contributed by atoms with E-state index in [-0.39, 0.29) is 11.2 Å². The second kappa shape index (κ2) is 4.98. The van der Waals surface area contributed by atoms with Crippen LogP contribution >= 0.6 is 0 Å². The SMILES string of the molecule is Cc1cc(F)ccc1-c1noc(C2(CN)CCCC2)n1. The third-order valence-electron chi connectivity index (χ3n) is 4.26. The Morgan fingerprint density at radius 1 is 1.35 bits per heavy atom. The molecule has 3 rings (SSSR count). The van der Waals surface area contributed by atoms with Crippen LogP contribution in [0.15, 0.2) is 22.7 Å². The highest BCUT2D eigenvalue weighted by molar-refractivity contribution is 5.59. The second-order valence-corrected chi connectivity index (χ2v) is 5.57. The lowest BCUT2D eigenvalue weighted by molar-refractivity contribution is 0.284. The molecular formula is C15H18FN3O. The molecule has 1 fully saturated rings. The van der Waals surface area contributed by atoms with E-state index < -0.39 is 0 Å². The molecule has 20 heavy (non-hydrogen) atoms. The fourth-order valence-corrected chi connectivity index (χ4v) is 2.98. The molecule has 0 saturated heterocycles. The Kier molecular flexibility index (Phi) is 3.30. The fourth-order valence-electron chi connectivity index (χ4n) is 2.98. The lowest BCUT2D eigenvalue weighted by atomic mass is 9.86. The summed E-state index contributed by atoms with van der Waals surface area (Å²) in [5, 5.41) is 4.05. The van der Waals surface area contributed by atoms with Crippen LogP contribution in [0.25, 0.3) is 11.4 Å². The van der Waals surface area contributed by atoms with Crippen molar-refractivity contribution in [1.82, 2.24) is 10.1 Å². The molecule has 1 heterocycles. The van der Waals surface area contributed by atoms with Crippen molar-refractivity contribution < 1.29 is 8.91 Å². The van der Waals surface area contributed by atoms with E-state index in [1.165, 1.54) is 12.1 Å². The van der Waals surface area contributed by atoms with Gasteiger partial charge in [0.05, 0.1) is 5.41 Å². The zero-order valence-corrected chi connectivity index (χ0v) is 11.5. The Bertz CT molecular complexity index is 617. The summed E-state index contributed by atoms with van der Waals surface area (Å²) in [6.45, 7) is 2.36. The van der Waals surface area contributed by atoms with Gasteiger partial charge in [-0.1, -0.05) is 18.0 Å². The van der Waals surface area contributed by atoms with Crippen molar-refractivity contribution in [3.8, 4) is 11.4 Å². The topological polar surface area (TPSA) is 64.9 Å². The first-order valence-electron chi connectivity index (χ1n) is 6.95. The number of benzene rings is 1. The molecule has 0 unspecified atom stereocenters. The predicted octanol–water partition coefficient (Wildman–Crippen LogP) is 2.95. The minimum Gasteiger partial charge on any atom is -0.338 e. The molecule has 1 saturated carbocycles. The Hall–Kier alpha value is -1.75. The van der Waals surface area contributed by atoms with E-state index in [0.717, 1.165) is 36.8 Å². The molecule has 2 aromatic rings. The monoisotopic (exact) mass is 275 g/mol. The molecule has 1 aromatic carbocycles. The molecule has 0 amide bonds. The summed E-state index contributed by atoms with van der Waals surface area (Å²) in [6.07, 6.45) is 4.27. The van der Waals surface area contributed by atoms with Crippen molar-refractivity contribution in [1.29, 1.82) is 0 Å². The lowest BCUT2D eigenvalue weighted by Gasteiger charge is -2.21. The first-order chi connectivity index (χ1) is 9.64. The average molecular weight is 275 g/mol. The van der Waals surface area contributed by atoms with Crippen LogP contribution in [-0.4, -0.2) is 16.7 Å². The Morgan fingerprint density at radius 2 is 2.10 bits per heavy atom. The fraction of sp³-hybridized carbons (Fsp3) is 0.467. The first kappa shape index (κ1) is 13.2. The van der Waals surface area contributed by atoms with E-state index in [9.17, 15) is 4.39 Å². The Labute approximate surface area is 117 Å². The zero-order chi connectivity index (χ0) is 14.2. The van der Waals surface area contributed by atoms with E-state index in [2.05, 4.69) is 10.1 Å². The van der Waals surface area contributed by atoms with E-state index in [4.69, 9.17) is 10.3 Å². The molecule has 1 aliphatic rings. The average Bonchev–Trinajstić information content (AvgIpc) is 3.08. The number of halogens is 1. The summed E-state index contributed by atoms with van der Waals surface area (Å²) < 4.78 is 18.6. The summed E-state index contributed by atoms with van der Waals surface area (Å²) >= 11 is 0. The number of hydrogen-bond donors (Lipinski definition) is 1. The molecule has 1 aromatic heterocycles. The van der Waals surface area contributed by atoms with Crippen molar-refractivity contribution in [2.45, 2.75) is 38.0 Å². The van der Waals surface area contributed by atoms with Gasteiger partial charge in [-0.3, -0.25) is 0 Å². The van der Waals surface area contributed by atoms with Crippen molar-refractivity contribution in [3.63, 3.8) is 0 Å². The summed E-state index contributed by atoms with van der Waals surface area (Å²) in [4.78, 5) is 4.52. The van der Waals surface area contributed by atoms with Gasteiger partial charge in [-0.25, -0.2) is 4.39 Å². The van der Waals surface area contributed by atoms with Gasteiger partial charge < -0.3 is 10.3 Å². The van der Waals surface area contributed by atoms with Crippen molar-refractivity contribution in [2.75, 3.05) is 6.54 Å². The van der Waals surface area contributed by atoms with E-state index >= 15 is 0 Å². The lowest BCUT2D eigenvalue weighted by Crippen LogP contribution is -2.32. The van der Waals surface area contributed by atoms with E-state index in [0.29, 0.717) is 18.3 Å². The molecule has 2 N–H and O–H groups in total. The summed E-state index contributed by atoms with van der Waals surface area (Å²) in [6, 6.07) is 4.56. The third-order valence-corrected chi connectivity index (χ3v) is 4.26. The van der Waals surface area contributed by atoms with Crippen LogP contribution in [-0.2, 0) is 5.41 Å². The maximum Gasteiger partial charge on any atom is 0.234 e. The highest BCUT2D eigenvalue weighted by atomic mass is 19.1. The summed E-state index contributed by atoms with van der Waals surface area (Å²) in [7, 11) is 0. The second-order valence-electron chi connectivity index (χ2n) is 5.57. The number of aryl methyl sites for hydroxylation is 1. The van der Waals surface area contributed by atoms with Gasteiger partial charge in [0.1, 0.15) is 5.82 Å². The van der Waals surface area contributed by atoms with E-state index in [1.54, 1.807) is 6.07 Å².